The predicted molar refractivity (Wildman–Crippen MR) is 114 cm³/mol. The van der Waals surface area contributed by atoms with Crippen LogP contribution in [0.1, 0.15) is 30.9 Å². The Kier molecular flexibility index (Phi) is 6.92. The standard InChI is InChI=1S/C22H28N2O4S/c1-3-28-21-9-7-20(8-10-21)23-22(25)19-11-13-24(14-12-19)29(26,27)16-18-6-4-5-17(2)15-18/h4-10,15,19H,3,11-14,16H2,1-2H3,(H,23,25). The smallest absolute Gasteiger partial charge is 0.227 e. The minimum Gasteiger partial charge on any atom is -0.494 e. The van der Waals surface area contributed by atoms with Crippen molar-refractivity contribution in [2.75, 3.05) is 25.0 Å². The Morgan fingerprint density at radius 2 is 1.83 bits per heavy atom. The van der Waals surface area contributed by atoms with E-state index in [1.54, 1.807) is 0 Å². The number of ether oxygens (including phenoxy) is 1. The summed E-state index contributed by atoms with van der Waals surface area (Å²) in [7, 11) is -3.38. The molecule has 1 fully saturated rings. The molecule has 0 aliphatic carbocycles. The highest BCUT2D eigenvalue weighted by Crippen LogP contribution is 2.24. The third-order valence-corrected chi connectivity index (χ3v) is 6.93. The van der Waals surface area contributed by atoms with E-state index in [-0.39, 0.29) is 17.6 Å². The van der Waals surface area contributed by atoms with E-state index in [1.165, 1.54) is 4.31 Å². The number of hydrogen-bond acceptors (Lipinski definition) is 4. The molecule has 1 N–H and O–H groups in total. The van der Waals surface area contributed by atoms with Crippen molar-refractivity contribution in [1.82, 2.24) is 4.31 Å². The molecule has 0 atom stereocenters. The SMILES string of the molecule is CCOc1ccc(NC(=O)C2CCN(S(=O)(=O)Cc3cccc(C)c3)CC2)cc1. The number of anilines is 1. The molecule has 1 amide bonds. The largest absolute Gasteiger partial charge is 0.494 e. The summed E-state index contributed by atoms with van der Waals surface area (Å²) in [5, 5.41) is 2.92. The van der Waals surface area contributed by atoms with Gasteiger partial charge in [0, 0.05) is 24.7 Å². The number of nitrogens with one attached hydrogen (secondary N) is 1. The maximum atomic E-state index is 12.7. The molecule has 0 bridgehead atoms. The van der Waals surface area contributed by atoms with E-state index in [1.807, 2.05) is 62.4 Å². The summed E-state index contributed by atoms with van der Waals surface area (Å²) in [4.78, 5) is 12.6. The molecule has 1 aliphatic heterocycles. The molecule has 0 radical (unpaired) electrons. The van der Waals surface area contributed by atoms with Crippen LogP contribution < -0.4 is 10.1 Å². The van der Waals surface area contributed by atoms with Gasteiger partial charge < -0.3 is 10.1 Å². The number of hydrogen-bond donors (Lipinski definition) is 1. The number of benzene rings is 2. The molecule has 0 aromatic heterocycles. The first-order valence-corrected chi connectivity index (χ1v) is 11.6. The van der Waals surface area contributed by atoms with Gasteiger partial charge in [0.1, 0.15) is 5.75 Å². The molecule has 1 aliphatic rings. The Bertz CT molecular complexity index is 934. The van der Waals surface area contributed by atoms with Crippen LogP contribution in [-0.2, 0) is 20.6 Å². The zero-order chi connectivity index (χ0) is 20.9. The number of aryl methyl sites for hydroxylation is 1. The molecular formula is C22H28N2O4S. The first-order chi connectivity index (χ1) is 13.9. The number of nitrogens with zero attached hydrogens (tertiary/aromatic N) is 1. The number of rotatable bonds is 7. The first-order valence-electron chi connectivity index (χ1n) is 9.94. The van der Waals surface area contributed by atoms with Gasteiger partial charge in [0.15, 0.2) is 0 Å². The van der Waals surface area contributed by atoms with Crippen molar-refractivity contribution in [2.45, 2.75) is 32.4 Å². The summed E-state index contributed by atoms with van der Waals surface area (Å²) in [6, 6.07) is 14.8. The summed E-state index contributed by atoms with van der Waals surface area (Å²) in [6.45, 7) is 5.20. The number of piperidine rings is 1. The summed E-state index contributed by atoms with van der Waals surface area (Å²) in [6.07, 6.45) is 1.05. The number of sulfonamides is 1. The van der Waals surface area contributed by atoms with Crippen LogP contribution in [-0.4, -0.2) is 38.3 Å². The summed E-state index contributed by atoms with van der Waals surface area (Å²) in [5.41, 5.74) is 2.55. The fourth-order valence-electron chi connectivity index (χ4n) is 3.55. The number of amides is 1. The second kappa shape index (κ2) is 9.41. The van der Waals surface area contributed by atoms with Crippen molar-refractivity contribution in [1.29, 1.82) is 0 Å². The fraction of sp³-hybridized carbons (Fsp3) is 0.409. The minimum atomic E-state index is -3.38. The van der Waals surface area contributed by atoms with Gasteiger partial charge in [0.2, 0.25) is 15.9 Å². The lowest BCUT2D eigenvalue weighted by molar-refractivity contribution is -0.120. The van der Waals surface area contributed by atoms with E-state index in [0.29, 0.717) is 38.2 Å². The second-order valence-electron chi connectivity index (χ2n) is 7.37. The van der Waals surface area contributed by atoms with Gasteiger partial charge in [-0.15, -0.1) is 0 Å². The lowest BCUT2D eigenvalue weighted by Gasteiger charge is -2.30. The minimum absolute atomic E-state index is 0.00226. The molecule has 2 aromatic carbocycles. The van der Waals surface area contributed by atoms with Crippen LogP contribution in [0.4, 0.5) is 5.69 Å². The number of carbonyl (C=O) groups is 1. The molecule has 1 saturated heterocycles. The third kappa shape index (κ3) is 5.81. The lowest BCUT2D eigenvalue weighted by Crippen LogP contribution is -2.41. The van der Waals surface area contributed by atoms with Crippen molar-refractivity contribution in [3.8, 4) is 5.75 Å². The molecule has 156 valence electrons. The van der Waals surface area contributed by atoms with Crippen molar-refractivity contribution >= 4 is 21.6 Å². The van der Waals surface area contributed by atoms with Crippen LogP contribution in [0.2, 0.25) is 0 Å². The molecule has 7 heteroatoms. The van der Waals surface area contributed by atoms with E-state index < -0.39 is 10.0 Å². The average Bonchev–Trinajstić information content (AvgIpc) is 2.69. The Labute approximate surface area is 172 Å². The highest BCUT2D eigenvalue weighted by atomic mass is 32.2. The van der Waals surface area contributed by atoms with E-state index in [9.17, 15) is 13.2 Å². The zero-order valence-electron chi connectivity index (χ0n) is 16.9. The van der Waals surface area contributed by atoms with Crippen molar-refractivity contribution in [3.05, 3.63) is 59.7 Å². The van der Waals surface area contributed by atoms with Crippen LogP contribution in [0.25, 0.3) is 0 Å². The topological polar surface area (TPSA) is 75.7 Å². The van der Waals surface area contributed by atoms with Gasteiger partial charge in [-0.05, 0) is 56.5 Å². The highest BCUT2D eigenvalue weighted by molar-refractivity contribution is 7.88. The van der Waals surface area contributed by atoms with Crippen molar-refractivity contribution < 1.29 is 17.9 Å². The van der Waals surface area contributed by atoms with Gasteiger partial charge in [-0.25, -0.2) is 12.7 Å². The molecular weight excluding hydrogens is 388 g/mol. The second-order valence-corrected chi connectivity index (χ2v) is 9.33. The third-order valence-electron chi connectivity index (χ3n) is 5.08. The normalized spacial score (nSPS) is 15.8. The predicted octanol–water partition coefficient (Wildman–Crippen LogP) is 3.57. The van der Waals surface area contributed by atoms with Crippen LogP contribution in [0.3, 0.4) is 0 Å². The lowest BCUT2D eigenvalue weighted by atomic mass is 9.97. The molecule has 29 heavy (non-hydrogen) atoms. The maximum Gasteiger partial charge on any atom is 0.227 e. The zero-order valence-corrected chi connectivity index (χ0v) is 17.7. The van der Waals surface area contributed by atoms with Gasteiger partial charge in [-0.1, -0.05) is 29.8 Å². The van der Waals surface area contributed by atoms with E-state index >= 15 is 0 Å². The molecule has 1 heterocycles. The van der Waals surface area contributed by atoms with Crippen LogP contribution in [0.15, 0.2) is 48.5 Å². The van der Waals surface area contributed by atoms with Crippen molar-refractivity contribution in [3.63, 3.8) is 0 Å². The van der Waals surface area contributed by atoms with Gasteiger partial charge in [0.05, 0.1) is 12.4 Å². The summed E-state index contributed by atoms with van der Waals surface area (Å²) < 4.78 is 32.4. The Hall–Kier alpha value is -2.38. The Balaban J connectivity index is 1.53. The first kappa shape index (κ1) is 21.3. The quantitative estimate of drug-likeness (QED) is 0.749. The molecule has 0 spiro atoms. The van der Waals surface area contributed by atoms with Gasteiger partial charge in [-0.3, -0.25) is 4.79 Å². The van der Waals surface area contributed by atoms with Crippen LogP contribution >= 0.6 is 0 Å². The van der Waals surface area contributed by atoms with E-state index in [0.717, 1.165) is 16.9 Å². The van der Waals surface area contributed by atoms with Crippen LogP contribution in [0, 0.1) is 12.8 Å². The highest BCUT2D eigenvalue weighted by Gasteiger charge is 2.31. The Morgan fingerprint density at radius 3 is 2.45 bits per heavy atom. The van der Waals surface area contributed by atoms with Gasteiger partial charge in [-0.2, -0.15) is 0 Å². The Morgan fingerprint density at radius 1 is 1.14 bits per heavy atom. The fourth-order valence-corrected chi connectivity index (χ4v) is 5.10. The van der Waals surface area contributed by atoms with Crippen molar-refractivity contribution in [2.24, 2.45) is 5.92 Å². The van der Waals surface area contributed by atoms with Gasteiger partial charge >= 0.3 is 0 Å². The van der Waals surface area contributed by atoms with Crippen LogP contribution in [0.5, 0.6) is 5.75 Å². The molecule has 2 aromatic rings. The molecule has 3 rings (SSSR count). The van der Waals surface area contributed by atoms with E-state index in [2.05, 4.69) is 5.32 Å². The monoisotopic (exact) mass is 416 g/mol. The van der Waals surface area contributed by atoms with Gasteiger partial charge in [0.25, 0.3) is 0 Å². The molecule has 0 unspecified atom stereocenters. The maximum absolute atomic E-state index is 12.7. The number of carbonyl (C=O) groups excluding carboxylic acids is 1. The molecule has 6 nitrogen and oxygen atoms in total. The molecule has 0 saturated carbocycles. The average molecular weight is 417 g/mol. The summed E-state index contributed by atoms with van der Waals surface area (Å²) >= 11 is 0. The van der Waals surface area contributed by atoms with E-state index in [4.69, 9.17) is 4.74 Å². The summed E-state index contributed by atoms with van der Waals surface area (Å²) in [5.74, 6) is 0.507.